The molecule has 0 atom stereocenters. The Morgan fingerprint density at radius 1 is 1.22 bits per heavy atom. The van der Waals surface area contributed by atoms with Crippen LogP contribution in [0.15, 0.2) is 35.2 Å². The zero-order valence-electron chi connectivity index (χ0n) is 9.54. The van der Waals surface area contributed by atoms with Crippen molar-refractivity contribution in [1.29, 1.82) is 0 Å². The first-order valence-corrected chi connectivity index (χ1v) is 7.78. The first kappa shape index (κ1) is 13.0. The minimum Gasteiger partial charge on any atom is -0.506 e. The summed E-state index contributed by atoms with van der Waals surface area (Å²) in [5.41, 5.74) is 0.430. The molecular weight excluding hydrogens is 272 g/mol. The Morgan fingerprint density at radius 3 is 2.56 bits per heavy atom. The molecule has 4 N–H and O–H groups in total. The number of fused-ring (bicyclic) bond motifs is 1. The van der Waals surface area contributed by atoms with Crippen molar-refractivity contribution in [1.82, 2.24) is 0 Å². The third kappa shape index (κ3) is 2.53. The van der Waals surface area contributed by atoms with Crippen LogP contribution in [-0.4, -0.2) is 19.8 Å². The van der Waals surface area contributed by atoms with E-state index < -0.39 is 10.0 Å². The molecule has 0 bridgehead atoms. The average Bonchev–Trinajstić information content (AvgIpc) is 2.28. The molecule has 0 spiro atoms. The Labute approximate surface area is 109 Å². The highest BCUT2D eigenvalue weighted by Crippen LogP contribution is 2.36. The normalized spacial score (nSPS) is 11.7. The summed E-state index contributed by atoms with van der Waals surface area (Å²) in [7, 11) is -3.36. The molecule has 0 aliphatic rings. The van der Waals surface area contributed by atoms with Gasteiger partial charge in [0, 0.05) is 10.8 Å². The number of phenolic OH excluding ortho intramolecular Hbond substituents is 1. The lowest BCUT2D eigenvalue weighted by molar-refractivity contribution is 0.469. The topological polar surface area (TPSA) is 92.4 Å². The number of aromatic hydroxyl groups is 1. The average molecular weight is 284 g/mol. The summed E-state index contributed by atoms with van der Waals surface area (Å²) in [5, 5.41) is 16.6. The number of sulfonamides is 1. The molecule has 18 heavy (non-hydrogen) atoms. The Hall–Kier alpha value is -1.44. The lowest BCUT2D eigenvalue weighted by Gasteiger charge is -2.10. The van der Waals surface area contributed by atoms with E-state index in [1.807, 2.05) is 0 Å². The summed E-state index contributed by atoms with van der Waals surface area (Å²) in [5.74, 6) is 0.0529. The summed E-state index contributed by atoms with van der Waals surface area (Å²) in [6.45, 7) is 0. The van der Waals surface area contributed by atoms with Gasteiger partial charge in [0.2, 0.25) is 10.0 Å². The van der Waals surface area contributed by atoms with Gasteiger partial charge in [-0.3, -0.25) is 9.86 Å². The van der Waals surface area contributed by atoms with Gasteiger partial charge in [-0.2, -0.15) is 0 Å². The molecular formula is C11H12N2O3S2. The highest BCUT2D eigenvalue weighted by Gasteiger charge is 2.10. The summed E-state index contributed by atoms with van der Waals surface area (Å²) >= 11 is 0.941. The second kappa shape index (κ2) is 4.68. The molecule has 5 nitrogen and oxygen atoms in total. The van der Waals surface area contributed by atoms with Crippen LogP contribution < -0.4 is 9.86 Å². The lowest BCUT2D eigenvalue weighted by atomic mass is 10.1. The third-order valence-corrected chi connectivity index (χ3v) is 3.59. The molecule has 0 saturated carbocycles. The van der Waals surface area contributed by atoms with Gasteiger partial charge in [0.25, 0.3) is 0 Å². The molecule has 0 aromatic heterocycles. The maximum Gasteiger partial charge on any atom is 0.229 e. The monoisotopic (exact) mass is 284 g/mol. The SMILES string of the molecule is CS(=O)(=O)Nc1cccc2c(O)c(SN)ccc12. The Morgan fingerprint density at radius 2 is 1.94 bits per heavy atom. The second-order valence-electron chi connectivity index (χ2n) is 3.81. The maximum atomic E-state index is 11.3. The molecule has 0 amide bonds. The van der Waals surface area contributed by atoms with E-state index in [4.69, 9.17) is 5.14 Å². The summed E-state index contributed by atoms with van der Waals surface area (Å²) in [6.07, 6.45) is 1.08. The molecule has 2 aromatic carbocycles. The fourth-order valence-electron chi connectivity index (χ4n) is 1.71. The predicted octanol–water partition coefficient (Wildman–Crippen LogP) is 1.88. The van der Waals surface area contributed by atoms with Crippen molar-refractivity contribution in [2.75, 3.05) is 11.0 Å². The summed E-state index contributed by atoms with van der Waals surface area (Å²) < 4.78 is 24.9. The van der Waals surface area contributed by atoms with Gasteiger partial charge >= 0.3 is 0 Å². The van der Waals surface area contributed by atoms with E-state index in [9.17, 15) is 13.5 Å². The van der Waals surface area contributed by atoms with E-state index in [-0.39, 0.29) is 5.75 Å². The zero-order chi connectivity index (χ0) is 13.3. The van der Waals surface area contributed by atoms with Gasteiger partial charge in [0.1, 0.15) is 5.75 Å². The number of hydrogen-bond donors (Lipinski definition) is 3. The molecule has 2 rings (SSSR count). The van der Waals surface area contributed by atoms with Crippen LogP contribution in [0.2, 0.25) is 0 Å². The number of benzene rings is 2. The molecule has 0 saturated heterocycles. The van der Waals surface area contributed by atoms with Crippen molar-refractivity contribution in [2.24, 2.45) is 5.14 Å². The van der Waals surface area contributed by atoms with E-state index >= 15 is 0 Å². The molecule has 0 aliphatic carbocycles. The van der Waals surface area contributed by atoms with E-state index in [1.165, 1.54) is 0 Å². The molecule has 7 heteroatoms. The van der Waals surface area contributed by atoms with Gasteiger partial charge in [-0.05, 0) is 24.1 Å². The maximum absolute atomic E-state index is 11.3. The first-order valence-electron chi connectivity index (χ1n) is 5.01. The van der Waals surface area contributed by atoms with Crippen molar-refractivity contribution in [2.45, 2.75) is 4.90 Å². The predicted molar refractivity (Wildman–Crippen MR) is 74.1 cm³/mol. The van der Waals surface area contributed by atoms with Gasteiger partial charge in [-0.1, -0.05) is 18.2 Å². The number of hydrogen-bond acceptors (Lipinski definition) is 5. The fraction of sp³-hybridized carbons (Fsp3) is 0.0909. The fourth-order valence-corrected chi connectivity index (χ4v) is 2.65. The first-order chi connectivity index (χ1) is 8.42. The highest BCUT2D eigenvalue weighted by molar-refractivity contribution is 7.97. The molecule has 2 aromatic rings. The summed E-state index contributed by atoms with van der Waals surface area (Å²) in [4.78, 5) is 0.541. The van der Waals surface area contributed by atoms with Crippen LogP contribution in [-0.2, 0) is 10.0 Å². The van der Waals surface area contributed by atoms with Gasteiger partial charge in [0.15, 0.2) is 0 Å². The van der Waals surface area contributed by atoms with Crippen molar-refractivity contribution in [3.8, 4) is 5.75 Å². The quantitative estimate of drug-likeness (QED) is 0.748. The van der Waals surface area contributed by atoms with Crippen LogP contribution in [0, 0.1) is 0 Å². The second-order valence-corrected chi connectivity index (χ2v) is 6.23. The third-order valence-electron chi connectivity index (χ3n) is 2.42. The molecule has 0 unspecified atom stereocenters. The Bertz CT molecular complexity index is 699. The number of rotatable bonds is 3. The van der Waals surface area contributed by atoms with Crippen molar-refractivity contribution in [3.63, 3.8) is 0 Å². The van der Waals surface area contributed by atoms with Gasteiger partial charge in [-0.25, -0.2) is 8.42 Å². The highest BCUT2D eigenvalue weighted by atomic mass is 32.2. The smallest absolute Gasteiger partial charge is 0.229 e. The standard InChI is InChI=1S/C11H12N2O3S2/c1-18(15,16)13-9-4-2-3-8-7(9)5-6-10(17-12)11(8)14/h2-6,13-14H,12H2,1H3. The molecule has 0 fully saturated rings. The lowest BCUT2D eigenvalue weighted by Crippen LogP contribution is -2.09. The van der Waals surface area contributed by atoms with E-state index in [1.54, 1.807) is 30.3 Å². The van der Waals surface area contributed by atoms with Gasteiger partial charge in [-0.15, -0.1) is 0 Å². The number of nitrogens with two attached hydrogens (primary N) is 1. The van der Waals surface area contributed by atoms with Crippen molar-refractivity contribution in [3.05, 3.63) is 30.3 Å². The van der Waals surface area contributed by atoms with Crippen LogP contribution in [0.5, 0.6) is 5.75 Å². The molecule has 0 radical (unpaired) electrons. The number of anilines is 1. The molecule has 0 aliphatic heterocycles. The van der Waals surface area contributed by atoms with Gasteiger partial charge < -0.3 is 5.11 Å². The van der Waals surface area contributed by atoms with Gasteiger partial charge in [0.05, 0.1) is 16.8 Å². The molecule has 96 valence electrons. The van der Waals surface area contributed by atoms with Crippen LogP contribution in [0.4, 0.5) is 5.69 Å². The Kier molecular flexibility index (Phi) is 3.38. The number of phenols is 1. The van der Waals surface area contributed by atoms with Crippen LogP contribution in [0.25, 0.3) is 10.8 Å². The number of nitrogens with one attached hydrogen (secondary N) is 1. The van der Waals surface area contributed by atoms with Crippen LogP contribution in [0.3, 0.4) is 0 Å². The minimum absolute atomic E-state index is 0.0529. The minimum atomic E-state index is -3.36. The van der Waals surface area contributed by atoms with Crippen LogP contribution in [0.1, 0.15) is 0 Å². The van der Waals surface area contributed by atoms with Crippen LogP contribution >= 0.6 is 11.9 Å². The van der Waals surface area contributed by atoms with E-state index in [0.29, 0.717) is 21.4 Å². The van der Waals surface area contributed by atoms with E-state index in [0.717, 1.165) is 18.2 Å². The van der Waals surface area contributed by atoms with Crippen molar-refractivity contribution < 1.29 is 13.5 Å². The zero-order valence-corrected chi connectivity index (χ0v) is 11.2. The van der Waals surface area contributed by atoms with Crippen molar-refractivity contribution >= 4 is 38.4 Å². The Balaban J connectivity index is 2.68. The van der Waals surface area contributed by atoms with E-state index in [2.05, 4.69) is 4.72 Å². The molecule has 0 heterocycles. The summed E-state index contributed by atoms with van der Waals surface area (Å²) in [6, 6.07) is 8.38. The largest absolute Gasteiger partial charge is 0.506 e.